The van der Waals surface area contributed by atoms with Crippen LogP contribution in [0.3, 0.4) is 0 Å². The van der Waals surface area contributed by atoms with Gasteiger partial charge in [-0.25, -0.2) is 9.36 Å². The van der Waals surface area contributed by atoms with Gasteiger partial charge in [0.2, 0.25) is 0 Å². The van der Waals surface area contributed by atoms with Crippen LogP contribution in [0.1, 0.15) is 52.0 Å². The Morgan fingerprint density at radius 3 is 1.90 bits per heavy atom. The molecule has 112 valence electrons. The van der Waals surface area contributed by atoms with E-state index in [0.29, 0.717) is 6.42 Å². The largest absolute Gasteiger partial charge is 0.527 e. The summed E-state index contributed by atoms with van der Waals surface area (Å²) in [4.78, 5) is 29.7. The Morgan fingerprint density at radius 1 is 1.00 bits per heavy atom. The number of hydrogen-bond donors (Lipinski definition) is 2. The van der Waals surface area contributed by atoms with E-state index >= 15 is 0 Å². The molecule has 0 saturated heterocycles. The molecule has 0 saturated carbocycles. The minimum atomic E-state index is -4.84. The number of phosphoric ester groups is 1. The number of carbonyl (C=O) groups excluding carboxylic acids is 1. The molecule has 0 aliphatic carbocycles. The third kappa shape index (κ3) is 3.29. The average Bonchev–Trinajstić information content (AvgIpc) is 2.33. The van der Waals surface area contributed by atoms with Crippen LogP contribution in [-0.2, 0) is 21.9 Å². The van der Waals surface area contributed by atoms with E-state index in [-0.39, 0.29) is 5.56 Å². The Hall–Kier alpha value is -1.16. The van der Waals surface area contributed by atoms with Gasteiger partial charge in [0, 0.05) is 0 Å². The van der Waals surface area contributed by atoms with Crippen molar-refractivity contribution < 1.29 is 23.7 Å². The Bertz CT molecular complexity index is 586. The van der Waals surface area contributed by atoms with Crippen molar-refractivity contribution in [2.75, 3.05) is 0 Å². The Balaban J connectivity index is 3.57. The fourth-order valence-corrected chi connectivity index (χ4v) is 2.90. The zero-order chi connectivity index (χ0) is 15.7. The fourth-order valence-electron chi connectivity index (χ4n) is 2.60. The highest BCUT2D eigenvalue weighted by Gasteiger charge is 2.27. The topological polar surface area (TPSA) is 83.8 Å². The van der Waals surface area contributed by atoms with Gasteiger partial charge < -0.3 is 4.52 Å². The van der Waals surface area contributed by atoms with Crippen molar-refractivity contribution in [3.63, 3.8) is 0 Å². The second kappa shape index (κ2) is 6.08. The molecule has 0 aliphatic rings. The van der Waals surface area contributed by atoms with Crippen LogP contribution in [0.4, 0.5) is 0 Å². The molecule has 1 aromatic carbocycles. The molecule has 0 unspecified atom stereocenters. The summed E-state index contributed by atoms with van der Waals surface area (Å²) in [5.74, 6) is -0.953. The van der Waals surface area contributed by atoms with E-state index in [9.17, 15) is 9.36 Å². The molecule has 0 bridgehead atoms. The molecular formula is C14H21O5P. The molecule has 5 nitrogen and oxygen atoms in total. The number of carbonyl (C=O) groups is 1. The summed E-state index contributed by atoms with van der Waals surface area (Å²) in [6, 6.07) is 0. The van der Waals surface area contributed by atoms with Crippen molar-refractivity contribution >= 4 is 13.8 Å². The monoisotopic (exact) mass is 300 g/mol. The van der Waals surface area contributed by atoms with E-state index in [0.717, 1.165) is 34.2 Å². The summed E-state index contributed by atoms with van der Waals surface area (Å²) in [5.41, 5.74) is 4.94. The first kappa shape index (κ1) is 16.9. The van der Waals surface area contributed by atoms with Crippen LogP contribution in [0.15, 0.2) is 0 Å². The van der Waals surface area contributed by atoms with Gasteiger partial charge in [-0.1, -0.05) is 13.8 Å². The fraction of sp³-hybridized carbons (Fsp3) is 0.500. The normalized spacial score (nSPS) is 11.6. The quantitative estimate of drug-likeness (QED) is 0.835. The second-order valence-electron chi connectivity index (χ2n) is 4.78. The summed E-state index contributed by atoms with van der Waals surface area (Å²) in [7, 11) is -4.84. The molecule has 0 aromatic heterocycles. The van der Waals surface area contributed by atoms with Crippen molar-refractivity contribution in [2.45, 2.75) is 47.5 Å². The average molecular weight is 300 g/mol. The lowest BCUT2D eigenvalue weighted by atomic mass is 9.86. The Kier molecular flexibility index (Phi) is 5.14. The molecule has 0 amide bonds. The van der Waals surface area contributed by atoms with E-state index in [4.69, 9.17) is 9.79 Å². The summed E-state index contributed by atoms with van der Waals surface area (Å²) < 4.78 is 15.2. The van der Waals surface area contributed by atoms with Gasteiger partial charge in [-0.3, -0.25) is 9.79 Å². The Labute approximate surface area is 119 Å². The first-order valence-electron chi connectivity index (χ1n) is 6.54. The van der Waals surface area contributed by atoms with Crippen LogP contribution in [-0.4, -0.2) is 15.8 Å². The van der Waals surface area contributed by atoms with Crippen LogP contribution in [0.5, 0.6) is 0 Å². The lowest BCUT2D eigenvalue weighted by Crippen LogP contribution is -2.14. The smallest absolute Gasteiger partial charge is 0.367 e. The molecule has 1 aromatic rings. The lowest BCUT2D eigenvalue weighted by Gasteiger charge is -2.20. The molecule has 0 heterocycles. The molecule has 0 aliphatic heterocycles. The highest BCUT2D eigenvalue weighted by atomic mass is 31.2. The van der Waals surface area contributed by atoms with Gasteiger partial charge in [0.15, 0.2) is 0 Å². The number of phosphoric acid groups is 1. The summed E-state index contributed by atoms with van der Waals surface area (Å²) in [6.07, 6.45) is 1.36. The van der Waals surface area contributed by atoms with Crippen molar-refractivity contribution in [1.29, 1.82) is 0 Å². The van der Waals surface area contributed by atoms with Crippen molar-refractivity contribution in [3.05, 3.63) is 33.4 Å². The van der Waals surface area contributed by atoms with Gasteiger partial charge in [-0.15, -0.1) is 0 Å². The third-order valence-corrected chi connectivity index (χ3v) is 4.14. The molecule has 6 heteroatoms. The van der Waals surface area contributed by atoms with E-state index < -0.39 is 13.8 Å². The number of hydrogen-bond acceptors (Lipinski definition) is 3. The zero-order valence-electron chi connectivity index (χ0n) is 12.5. The van der Waals surface area contributed by atoms with Gasteiger partial charge in [0.05, 0.1) is 5.56 Å². The van der Waals surface area contributed by atoms with Gasteiger partial charge >= 0.3 is 13.8 Å². The van der Waals surface area contributed by atoms with Gasteiger partial charge in [0.1, 0.15) is 0 Å². The van der Waals surface area contributed by atoms with Gasteiger partial charge in [-0.2, -0.15) is 0 Å². The molecule has 1 rings (SSSR count). The molecule has 0 radical (unpaired) electrons. The van der Waals surface area contributed by atoms with E-state index in [1.54, 1.807) is 6.92 Å². The van der Waals surface area contributed by atoms with Crippen molar-refractivity contribution in [1.82, 2.24) is 0 Å². The first-order chi connectivity index (χ1) is 9.14. The van der Waals surface area contributed by atoms with Crippen LogP contribution in [0.2, 0.25) is 0 Å². The number of benzene rings is 1. The van der Waals surface area contributed by atoms with Crippen molar-refractivity contribution in [2.24, 2.45) is 0 Å². The predicted octanol–water partition coefficient (Wildman–Crippen LogP) is 2.99. The minimum Gasteiger partial charge on any atom is -0.367 e. The van der Waals surface area contributed by atoms with Crippen LogP contribution < -0.4 is 0 Å². The van der Waals surface area contributed by atoms with Gasteiger partial charge in [0.25, 0.3) is 0 Å². The molecule has 2 N–H and O–H groups in total. The standard InChI is InChI=1S/C14H21O5P/c1-6-11-9(4)8(3)10(5)13(12(11)7-2)14(15)19-20(16,17)18/h6-7H2,1-5H3,(H2,16,17,18). The maximum atomic E-state index is 12.1. The highest BCUT2D eigenvalue weighted by Crippen LogP contribution is 2.39. The van der Waals surface area contributed by atoms with Gasteiger partial charge in [-0.05, 0) is 61.4 Å². The lowest BCUT2D eigenvalue weighted by molar-refractivity contribution is 0.0676. The molecule has 0 fully saturated rings. The third-order valence-electron chi connectivity index (χ3n) is 3.73. The van der Waals surface area contributed by atoms with Crippen LogP contribution >= 0.6 is 7.82 Å². The van der Waals surface area contributed by atoms with Crippen LogP contribution in [0.25, 0.3) is 0 Å². The zero-order valence-corrected chi connectivity index (χ0v) is 13.4. The summed E-state index contributed by atoms with van der Waals surface area (Å²) in [6.45, 7) is 9.58. The van der Waals surface area contributed by atoms with E-state index in [2.05, 4.69) is 4.52 Å². The maximum Gasteiger partial charge on any atom is 0.527 e. The highest BCUT2D eigenvalue weighted by molar-refractivity contribution is 7.46. The molecule has 0 spiro atoms. The first-order valence-corrected chi connectivity index (χ1v) is 8.08. The molecule has 0 atom stereocenters. The number of rotatable bonds is 4. The van der Waals surface area contributed by atoms with Crippen LogP contribution in [0, 0.1) is 20.8 Å². The maximum absolute atomic E-state index is 12.1. The van der Waals surface area contributed by atoms with E-state index in [1.165, 1.54) is 0 Å². The predicted molar refractivity (Wildman–Crippen MR) is 76.9 cm³/mol. The molecule has 20 heavy (non-hydrogen) atoms. The van der Waals surface area contributed by atoms with Crippen molar-refractivity contribution in [3.8, 4) is 0 Å². The summed E-state index contributed by atoms with van der Waals surface area (Å²) in [5, 5.41) is 0. The molecular weight excluding hydrogens is 279 g/mol. The Morgan fingerprint density at radius 2 is 1.50 bits per heavy atom. The SMILES string of the molecule is CCc1c(C)c(C)c(C)c(C(=O)OP(=O)(O)O)c1CC. The summed E-state index contributed by atoms with van der Waals surface area (Å²) >= 11 is 0. The van der Waals surface area contributed by atoms with E-state index in [1.807, 2.05) is 27.7 Å². The minimum absolute atomic E-state index is 0.288. The second-order valence-corrected chi connectivity index (χ2v) is 5.95.